The molecule has 2 atom stereocenters. The maximum absolute atomic E-state index is 11.8. The lowest BCUT2D eigenvalue weighted by Crippen LogP contribution is -2.42. The van der Waals surface area contributed by atoms with Crippen LogP contribution in [0.3, 0.4) is 0 Å². The second kappa shape index (κ2) is 11.2. The van der Waals surface area contributed by atoms with Crippen LogP contribution in [-0.2, 0) is 14.9 Å². The van der Waals surface area contributed by atoms with Crippen molar-refractivity contribution in [3.8, 4) is 5.75 Å². The van der Waals surface area contributed by atoms with E-state index in [4.69, 9.17) is 4.74 Å². The van der Waals surface area contributed by atoms with Crippen molar-refractivity contribution in [2.24, 2.45) is 16.7 Å². The van der Waals surface area contributed by atoms with Crippen LogP contribution in [0.1, 0.15) is 53.9 Å². The van der Waals surface area contributed by atoms with E-state index in [1.807, 2.05) is 13.8 Å². The number of ketones is 1. The smallest absolute Gasteiger partial charge is 0.140 e. The van der Waals surface area contributed by atoms with Crippen LogP contribution in [0.4, 0.5) is 0 Å². The third-order valence-corrected chi connectivity index (χ3v) is 11.8. The van der Waals surface area contributed by atoms with Crippen LogP contribution in [0, 0.1) is 16.7 Å². The lowest BCUT2D eigenvalue weighted by Gasteiger charge is -2.37. The van der Waals surface area contributed by atoms with Gasteiger partial charge in [-0.15, -0.1) is 0 Å². The first-order chi connectivity index (χ1) is 18.2. The molecule has 5 rings (SSSR count). The van der Waals surface area contributed by atoms with Crippen LogP contribution in [0.5, 0.6) is 5.75 Å². The number of Topliss-reactive ketones (excluding diaryl/α,β-unsaturated/α-hetero) is 1. The molecule has 0 saturated heterocycles. The Bertz CT molecular complexity index is 1340. The number of benzene rings is 3. The lowest BCUT2D eigenvalue weighted by atomic mass is 9.70. The maximum Gasteiger partial charge on any atom is 0.140 e. The first-order valence-electron chi connectivity index (χ1n) is 13.5. The average Bonchev–Trinajstić information content (AvgIpc) is 3.19. The molecule has 3 aromatic rings. The summed E-state index contributed by atoms with van der Waals surface area (Å²) in [6.07, 6.45) is 1.88. The molecular formula is C32H39O5PS. The zero-order valence-corrected chi connectivity index (χ0v) is 25.3. The summed E-state index contributed by atoms with van der Waals surface area (Å²) in [5.41, 5.74) is -1.39. The summed E-state index contributed by atoms with van der Waals surface area (Å²) in [4.78, 5) is 11.8. The number of rotatable bonds is 6. The number of hydrogen-bond acceptors (Lipinski definition) is 5. The van der Waals surface area contributed by atoms with Gasteiger partial charge in [-0.25, -0.2) is 8.42 Å². The predicted molar refractivity (Wildman–Crippen MR) is 160 cm³/mol. The summed E-state index contributed by atoms with van der Waals surface area (Å²) >= 11 is 0. The molecule has 2 bridgehead atoms. The standard InChI is InChI=1S/C22H23OP.C10H16O4S/c1-22(2,3)23-18-14-16-21(17-15-18)24(19-10-6-4-7-11-19)20-12-8-5-9-13-20;1-9(2)7-3-4-10(9,8(11)5-7)6-15(12,13)14/h4-17H,1-3H3;7H,3-6H2,1-2H3,(H,12,13,14). The van der Waals surface area contributed by atoms with Crippen molar-refractivity contribution in [2.45, 2.75) is 59.5 Å². The molecule has 2 saturated carbocycles. The Morgan fingerprint density at radius 3 is 1.74 bits per heavy atom. The Morgan fingerprint density at radius 2 is 1.36 bits per heavy atom. The van der Waals surface area contributed by atoms with Gasteiger partial charge in [-0.3, -0.25) is 4.79 Å². The van der Waals surface area contributed by atoms with Crippen molar-refractivity contribution < 1.29 is 22.5 Å². The summed E-state index contributed by atoms with van der Waals surface area (Å²) in [6, 6.07) is 30.2. The third kappa shape index (κ3) is 6.62. The highest BCUT2D eigenvalue weighted by atomic mass is 32.2. The van der Waals surface area contributed by atoms with Crippen LogP contribution in [-0.4, -0.2) is 30.1 Å². The summed E-state index contributed by atoms with van der Waals surface area (Å²) in [6.45, 7) is 10.1. The van der Waals surface area contributed by atoms with Gasteiger partial charge in [0.2, 0.25) is 0 Å². The lowest BCUT2D eigenvalue weighted by molar-refractivity contribution is -0.128. The fourth-order valence-corrected chi connectivity index (χ4v) is 10.00. The minimum Gasteiger partial charge on any atom is -0.748 e. The molecule has 5 nitrogen and oxygen atoms in total. The van der Waals surface area contributed by atoms with E-state index in [1.54, 1.807) is 0 Å². The number of carbonyl (C=O) groups is 1. The molecular weight excluding hydrogens is 527 g/mol. The van der Waals surface area contributed by atoms with Gasteiger partial charge in [0.15, 0.2) is 0 Å². The number of hydrogen-bond donors (Lipinski definition) is 0. The molecule has 0 aliphatic heterocycles. The molecule has 2 aliphatic rings. The monoisotopic (exact) mass is 566 g/mol. The van der Waals surface area contributed by atoms with E-state index >= 15 is 0 Å². The van der Waals surface area contributed by atoms with Crippen LogP contribution < -0.4 is 20.7 Å². The van der Waals surface area contributed by atoms with Gasteiger partial charge in [-0.1, -0.05) is 50.2 Å². The Morgan fingerprint density at radius 1 is 0.872 bits per heavy atom. The first kappa shape index (κ1) is 29.5. The first-order valence-corrected chi connectivity index (χ1v) is 16.5. The van der Waals surface area contributed by atoms with Gasteiger partial charge in [0.1, 0.15) is 33.0 Å². The predicted octanol–water partition coefficient (Wildman–Crippen LogP) is 5.28. The van der Waals surface area contributed by atoms with Crippen LogP contribution in [0.25, 0.3) is 0 Å². The Labute approximate surface area is 234 Å². The van der Waals surface area contributed by atoms with Crippen molar-refractivity contribution in [2.75, 3.05) is 5.75 Å². The molecule has 2 aliphatic carbocycles. The van der Waals surface area contributed by atoms with E-state index in [0.29, 0.717) is 12.8 Å². The molecule has 2 fully saturated rings. The van der Waals surface area contributed by atoms with E-state index in [2.05, 4.69) is 106 Å². The maximum atomic E-state index is 11.8. The number of carbonyl (C=O) groups excluding carboxylic acids is 1. The largest absolute Gasteiger partial charge is 0.748 e. The summed E-state index contributed by atoms with van der Waals surface area (Å²) in [7, 11) is -5.32. The van der Waals surface area contributed by atoms with E-state index in [0.717, 1.165) is 12.2 Å². The quantitative estimate of drug-likeness (QED) is 0.299. The van der Waals surface area contributed by atoms with Gasteiger partial charge in [0.05, 0.1) is 23.8 Å². The third-order valence-electron chi connectivity index (χ3n) is 8.25. The fourth-order valence-electron chi connectivity index (χ4n) is 6.16. The molecule has 3 aromatic carbocycles. The van der Waals surface area contributed by atoms with Gasteiger partial charge in [0, 0.05) is 11.8 Å². The van der Waals surface area contributed by atoms with Crippen molar-refractivity contribution in [1.82, 2.24) is 0 Å². The second-order valence-corrected chi connectivity index (χ2v) is 16.1. The molecule has 2 unspecified atom stereocenters. The molecule has 0 aromatic heterocycles. The van der Waals surface area contributed by atoms with Crippen molar-refractivity contribution in [1.29, 1.82) is 0 Å². The Hall–Kier alpha value is -2.53. The second-order valence-electron chi connectivity index (χ2n) is 12.2. The summed E-state index contributed by atoms with van der Waals surface area (Å²) < 4.78 is 38.6. The molecule has 0 amide bonds. The average molecular weight is 567 g/mol. The van der Waals surface area contributed by atoms with Crippen LogP contribution in [0.2, 0.25) is 0 Å². The van der Waals surface area contributed by atoms with Gasteiger partial charge in [0.25, 0.3) is 0 Å². The highest BCUT2D eigenvalue weighted by molar-refractivity contribution is 7.85. The number of ether oxygens (including phenoxy) is 1. The highest BCUT2D eigenvalue weighted by Gasteiger charge is 2.64. The summed E-state index contributed by atoms with van der Waals surface area (Å²) in [5.74, 6) is 0.645. The minimum absolute atomic E-state index is 0.0248. The molecule has 0 radical (unpaired) electrons. The van der Waals surface area contributed by atoms with E-state index < -0.39 is 29.2 Å². The molecule has 0 N–H and O–H groups in total. The number of fused-ring (bicyclic) bond motifs is 2. The zero-order chi connectivity index (χ0) is 28.5. The van der Waals surface area contributed by atoms with Crippen molar-refractivity contribution >= 4 is 39.7 Å². The van der Waals surface area contributed by atoms with Gasteiger partial charge >= 0.3 is 0 Å². The molecule has 0 heterocycles. The Kier molecular flexibility index (Phi) is 8.42. The SMILES string of the molecule is CC(C)(C)Oc1ccc([PH+](c2ccccc2)c2ccccc2)cc1.CC1(C)C2CCC1(CS(=O)(=O)[O-])C(=O)C2. The molecule has 0 spiro atoms. The molecule has 39 heavy (non-hydrogen) atoms. The van der Waals surface area contributed by atoms with E-state index in [9.17, 15) is 17.8 Å². The minimum atomic E-state index is -4.33. The normalized spacial score (nSPS) is 21.9. The Balaban J connectivity index is 0.000000202. The van der Waals surface area contributed by atoms with Crippen molar-refractivity contribution in [3.05, 3.63) is 84.9 Å². The van der Waals surface area contributed by atoms with Crippen LogP contribution in [0.15, 0.2) is 84.9 Å². The van der Waals surface area contributed by atoms with Gasteiger partial charge < -0.3 is 9.29 Å². The molecule has 208 valence electrons. The summed E-state index contributed by atoms with van der Waals surface area (Å²) in [5, 5.41) is 4.18. The highest BCUT2D eigenvalue weighted by Crippen LogP contribution is 2.64. The van der Waals surface area contributed by atoms with Crippen LogP contribution >= 0.6 is 7.92 Å². The van der Waals surface area contributed by atoms with Crippen molar-refractivity contribution in [3.63, 3.8) is 0 Å². The molecule has 7 heteroatoms. The van der Waals surface area contributed by atoms with Gasteiger partial charge in [-0.2, -0.15) is 0 Å². The topological polar surface area (TPSA) is 83.5 Å². The zero-order valence-electron chi connectivity index (χ0n) is 23.4. The van der Waals surface area contributed by atoms with Gasteiger partial charge in [-0.05, 0) is 93.5 Å². The fraction of sp³-hybridized carbons (Fsp3) is 0.406. The van der Waals surface area contributed by atoms with E-state index in [-0.39, 0.29) is 22.7 Å². The van der Waals surface area contributed by atoms with E-state index in [1.165, 1.54) is 15.9 Å².